The molecule has 1 unspecified atom stereocenters. The fourth-order valence-electron chi connectivity index (χ4n) is 1.17. The fourth-order valence-corrected chi connectivity index (χ4v) is 1.71. The quantitative estimate of drug-likeness (QED) is 0.565. The lowest BCUT2D eigenvalue weighted by molar-refractivity contribution is -0.0655. The standard InChI is InChI=1S/C6H11F3N2O3S/c1-2-11-4-3-10-5(11)14-15(12,13)6(7,8)9/h5,10H,2-4H2,1H3. The predicted octanol–water partition coefficient (Wildman–Crippen LogP) is 0.0613. The van der Waals surface area contributed by atoms with Gasteiger partial charge in [0.05, 0.1) is 0 Å². The largest absolute Gasteiger partial charge is 0.523 e. The van der Waals surface area contributed by atoms with Gasteiger partial charge in [0.15, 0.2) is 6.35 Å². The molecule has 1 fully saturated rings. The first-order chi connectivity index (χ1) is 6.78. The van der Waals surface area contributed by atoms with Gasteiger partial charge in [-0.1, -0.05) is 6.92 Å². The van der Waals surface area contributed by atoms with Gasteiger partial charge in [0.2, 0.25) is 0 Å². The number of nitrogens with one attached hydrogen (secondary N) is 1. The van der Waals surface area contributed by atoms with Gasteiger partial charge in [-0.05, 0) is 6.54 Å². The Morgan fingerprint density at radius 1 is 1.53 bits per heavy atom. The number of hydrogen-bond donors (Lipinski definition) is 1. The summed E-state index contributed by atoms with van der Waals surface area (Å²) in [6.45, 7) is 2.95. The van der Waals surface area contributed by atoms with Crippen molar-refractivity contribution in [2.24, 2.45) is 0 Å². The van der Waals surface area contributed by atoms with Crippen molar-refractivity contribution in [3.05, 3.63) is 0 Å². The first-order valence-electron chi connectivity index (χ1n) is 4.25. The summed E-state index contributed by atoms with van der Waals surface area (Å²) in [4.78, 5) is 1.45. The summed E-state index contributed by atoms with van der Waals surface area (Å²) in [7, 11) is -5.53. The van der Waals surface area contributed by atoms with Gasteiger partial charge in [-0.15, -0.1) is 0 Å². The topological polar surface area (TPSA) is 58.6 Å². The number of halogens is 3. The Kier molecular flexibility index (Phi) is 3.59. The summed E-state index contributed by atoms with van der Waals surface area (Å²) in [6, 6.07) is 0. The first kappa shape index (κ1) is 12.7. The summed E-state index contributed by atoms with van der Waals surface area (Å²) in [5.41, 5.74) is -5.38. The lowest BCUT2D eigenvalue weighted by Gasteiger charge is -2.22. The Balaban J connectivity index is 2.70. The molecule has 0 amide bonds. The van der Waals surface area contributed by atoms with Crippen LogP contribution in [0.2, 0.25) is 0 Å². The van der Waals surface area contributed by atoms with E-state index in [0.29, 0.717) is 19.6 Å². The average molecular weight is 248 g/mol. The van der Waals surface area contributed by atoms with Crippen molar-refractivity contribution in [3.8, 4) is 0 Å². The molecule has 0 radical (unpaired) electrons. The molecule has 0 spiro atoms. The highest BCUT2D eigenvalue weighted by Gasteiger charge is 2.49. The minimum Gasteiger partial charge on any atom is -0.277 e. The Labute approximate surface area is 85.3 Å². The van der Waals surface area contributed by atoms with Gasteiger partial charge in [0.1, 0.15) is 0 Å². The summed E-state index contributed by atoms with van der Waals surface area (Å²) >= 11 is 0. The van der Waals surface area contributed by atoms with Crippen LogP contribution in [0.1, 0.15) is 6.92 Å². The number of hydrogen-bond acceptors (Lipinski definition) is 5. The van der Waals surface area contributed by atoms with Crippen molar-refractivity contribution in [2.75, 3.05) is 19.6 Å². The fraction of sp³-hybridized carbons (Fsp3) is 1.00. The molecular formula is C6H11F3N2O3S. The van der Waals surface area contributed by atoms with Crippen molar-refractivity contribution >= 4 is 10.1 Å². The first-order valence-corrected chi connectivity index (χ1v) is 5.66. The number of nitrogens with zero attached hydrogens (tertiary/aromatic N) is 1. The lowest BCUT2D eigenvalue weighted by Crippen LogP contribution is -2.42. The van der Waals surface area contributed by atoms with Gasteiger partial charge in [0, 0.05) is 13.1 Å². The van der Waals surface area contributed by atoms with E-state index in [4.69, 9.17) is 0 Å². The molecule has 9 heteroatoms. The molecule has 0 saturated carbocycles. The van der Waals surface area contributed by atoms with Crippen LogP contribution in [-0.4, -0.2) is 44.8 Å². The minimum absolute atomic E-state index is 0.395. The molecule has 1 aliphatic rings. The third-order valence-corrected chi connectivity index (χ3v) is 2.96. The van der Waals surface area contributed by atoms with Gasteiger partial charge in [0.25, 0.3) is 0 Å². The molecule has 1 N–H and O–H groups in total. The molecule has 1 heterocycles. The van der Waals surface area contributed by atoms with E-state index in [9.17, 15) is 21.6 Å². The molecule has 0 bridgehead atoms. The van der Waals surface area contributed by atoms with E-state index >= 15 is 0 Å². The second-order valence-electron chi connectivity index (χ2n) is 2.93. The van der Waals surface area contributed by atoms with Crippen LogP contribution in [0.5, 0.6) is 0 Å². The number of rotatable bonds is 3. The van der Waals surface area contributed by atoms with Crippen LogP contribution in [0.25, 0.3) is 0 Å². The molecule has 15 heavy (non-hydrogen) atoms. The van der Waals surface area contributed by atoms with Crippen LogP contribution in [0.4, 0.5) is 13.2 Å². The molecule has 5 nitrogen and oxygen atoms in total. The van der Waals surface area contributed by atoms with Crippen molar-refractivity contribution in [3.63, 3.8) is 0 Å². The zero-order valence-electron chi connectivity index (χ0n) is 7.91. The highest BCUT2D eigenvalue weighted by atomic mass is 32.2. The maximum absolute atomic E-state index is 12.0. The average Bonchev–Trinajstić information content (AvgIpc) is 2.48. The monoisotopic (exact) mass is 248 g/mol. The number of alkyl halides is 3. The van der Waals surface area contributed by atoms with E-state index in [-0.39, 0.29) is 0 Å². The SMILES string of the molecule is CCN1CCNC1OS(=O)(=O)C(F)(F)F. The van der Waals surface area contributed by atoms with Gasteiger partial charge in [-0.3, -0.25) is 10.2 Å². The highest BCUT2D eigenvalue weighted by Crippen LogP contribution is 2.26. The van der Waals surface area contributed by atoms with Crippen molar-refractivity contribution in [1.29, 1.82) is 0 Å². The van der Waals surface area contributed by atoms with Crippen LogP contribution < -0.4 is 5.32 Å². The van der Waals surface area contributed by atoms with Crippen LogP contribution in [0.15, 0.2) is 0 Å². The van der Waals surface area contributed by atoms with E-state index in [0.717, 1.165) is 0 Å². The minimum atomic E-state index is -5.53. The normalized spacial score (nSPS) is 24.7. The zero-order chi connectivity index (χ0) is 11.7. The Bertz CT molecular complexity index is 316. The zero-order valence-corrected chi connectivity index (χ0v) is 8.73. The lowest BCUT2D eigenvalue weighted by atomic mass is 10.6. The van der Waals surface area contributed by atoms with E-state index in [1.165, 1.54) is 4.90 Å². The van der Waals surface area contributed by atoms with Crippen LogP contribution in [0.3, 0.4) is 0 Å². The molecule has 1 saturated heterocycles. The molecule has 0 aromatic carbocycles. The Morgan fingerprint density at radius 2 is 2.13 bits per heavy atom. The van der Waals surface area contributed by atoms with E-state index in [1.807, 2.05) is 0 Å². The smallest absolute Gasteiger partial charge is 0.277 e. The summed E-state index contributed by atoms with van der Waals surface area (Å²) < 4.78 is 61.2. The Hall–Kier alpha value is -0.380. The predicted molar refractivity (Wildman–Crippen MR) is 45.1 cm³/mol. The summed E-state index contributed by atoms with van der Waals surface area (Å²) in [5.74, 6) is 0. The molecule has 0 aromatic rings. The molecule has 1 rings (SSSR count). The van der Waals surface area contributed by atoms with Crippen LogP contribution in [-0.2, 0) is 14.3 Å². The molecule has 0 aliphatic carbocycles. The maximum atomic E-state index is 12.0. The van der Waals surface area contributed by atoms with Gasteiger partial charge in [-0.25, -0.2) is 4.18 Å². The molecule has 0 aromatic heterocycles. The Morgan fingerprint density at radius 3 is 2.60 bits per heavy atom. The van der Waals surface area contributed by atoms with Gasteiger partial charge < -0.3 is 0 Å². The van der Waals surface area contributed by atoms with E-state index < -0.39 is 22.0 Å². The van der Waals surface area contributed by atoms with Gasteiger partial charge in [-0.2, -0.15) is 21.6 Å². The molecular weight excluding hydrogens is 237 g/mol. The third kappa shape index (κ3) is 2.80. The summed E-state index contributed by atoms with van der Waals surface area (Å²) in [5, 5.41) is 2.51. The number of likely N-dealkylation sites (N-methyl/N-ethyl adjacent to an activating group) is 1. The third-order valence-electron chi connectivity index (χ3n) is 1.96. The van der Waals surface area contributed by atoms with E-state index in [2.05, 4.69) is 9.50 Å². The second-order valence-corrected chi connectivity index (χ2v) is 4.49. The highest BCUT2D eigenvalue weighted by molar-refractivity contribution is 7.87. The van der Waals surface area contributed by atoms with Crippen LogP contribution >= 0.6 is 0 Å². The van der Waals surface area contributed by atoms with Gasteiger partial charge >= 0.3 is 15.6 Å². The van der Waals surface area contributed by atoms with Crippen LogP contribution in [0, 0.1) is 0 Å². The molecule has 1 atom stereocenters. The van der Waals surface area contributed by atoms with E-state index in [1.54, 1.807) is 6.92 Å². The summed E-state index contributed by atoms with van der Waals surface area (Å²) in [6.07, 6.45) is -1.22. The van der Waals surface area contributed by atoms with Crippen molar-refractivity contribution in [2.45, 2.75) is 18.8 Å². The molecule has 90 valence electrons. The van der Waals surface area contributed by atoms with Crippen molar-refractivity contribution in [1.82, 2.24) is 10.2 Å². The second kappa shape index (κ2) is 4.24. The molecule has 1 aliphatic heterocycles. The maximum Gasteiger partial charge on any atom is 0.523 e. The van der Waals surface area contributed by atoms with Crippen molar-refractivity contribution < 1.29 is 25.8 Å².